The second kappa shape index (κ2) is 5.72. The Balaban J connectivity index is 2.07. The van der Waals surface area contributed by atoms with E-state index < -0.39 is 0 Å². The van der Waals surface area contributed by atoms with Gasteiger partial charge < -0.3 is 5.73 Å². The van der Waals surface area contributed by atoms with Gasteiger partial charge in [-0.25, -0.2) is 15.0 Å². The van der Waals surface area contributed by atoms with E-state index in [1.807, 2.05) is 35.7 Å². The summed E-state index contributed by atoms with van der Waals surface area (Å²) in [5.74, 6) is 0.439. The second-order valence-corrected chi connectivity index (χ2v) is 6.73. The van der Waals surface area contributed by atoms with Gasteiger partial charge in [-0.2, -0.15) is 11.3 Å². The van der Waals surface area contributed by atoms with Crippen LogP contribution in [0.5, 0.6) is 0 Å². The molecule has 0 fully saturated rings. The van der Waals surface area contributed by atoms with Gasteiger partial charge in [0.1, 0.15) is 12.1 Å². The van der Waals surface area contributed by atoms with Crippen molar-refractivity contribution in [3.8, 4) is 22.4 Å². The molecule has 6 heteroatoms. The highest BCUT2D eigenvalue weighted by Gasteiger charge is 2.13. The van der Waals surface area contributed by atoms with Crippen LogP contribution in [0.4, 0.5) is 5.82 Å². The SMILES string of the molecule is Nc1ncnc2nc(-c3ccsc3)cc(-c3cccc(Br)c3)c12. The van der Waals surface area contributed by atoms with Crippen molar-refractivity contribution in [1.29, 1.82) is 0 Å². The number of hydrogen-bond donors (Lipinski definition) is 1. The van der Waals surface area contributed by atoms with E-state index in [-0.39, 0.29) is 0 Å². The summed E-state index contributed by atoms with van der Waals surface area (Å²) >= 11 is 5.16. The van der Waals surface area contributed by atoms with Gasteiger partial charge in [0.25, 0.3) is 0 Å². The zero-order chi connectivity index (χ0) is 15.8. The molecule has 1 aromatic carbocycles. The Bertz CT molecular complexity index is 999. The van der Waals surface area contributed by atoms with Gasteiger partial charge in [0.2, 0.25) is 0 Å². The molecule has 3 aromatic heterocycles. The molecule has 0 aliphatic heterocycles. The van der Waals surface area contributed by atoms with Crippen LogP contribution in [0, 0.1) is 0 Å². The number of benzene rings is 1. The Kier molecular flexibility index (Phi) is 3.55. The lowest BCUT2D eigenvalue weighted by molar-refractivity contribution is 1.19. The summed E-state index contributed by atoms with van der Waals surface area (Å²) in [6.45, 7) is 0. The molecule has 3 heterocycles. The standard InChI is InChI=1S/C17H11BrN4S/c18-12-3-1-2-10(6-12)13-7-14(11-4-5-23-8-11)22-17-15(13)16(19)20-9-21-17/h1-9H,(H2,19,20,21,22). The molecule has 4 aromatic rings. The molecule has 4 rings (SSSR count). The number of anilines is 1. The number of thiophene rings is 1. The Hall–Kier alpha value is -2.31. The highest BCUT2D eigenvalue weighted by atomic mass is 79.9. The fraction of sp³-hybridized carbons (Fsp3) is 0. The molecule has 0 unspecified atom stereocenters. The first kappa shape index (κ1) is 14.3. The molecule has 0 atom stereocenters. The predicted molar refractivity (Wildman–Crippen MR) is 98.2 cm³/mol. The van der Waals surface area contributed by atoms with Gasteiger partial charge in [0.05, 0.1) is 11.1 Å². The van der Waals surface area contributed by atoms with E-state index in [1.54, 1.807) is 11.3 Å². The summed E-state index contributed by atoms with van der Waals surface area (Å²) in [5.41, 5.74) is 10.7. The van der Waals surface area contributed by atoms with Gasteiger partial charge in [0.15, 0.2) is 5.65 Å². The summed E-state index contributed by atoms with van der Waals surface area (Å²) in [5, 5.41) is 4.89. The van der Waals surface area contributed by atoms with Crippen LogP contribution in [-0.4, -0.2) is 15.0 Å². The van der Waals surface area contributed by atoms with E-state index in [4.69, 9.17) is 5.73 Å². The maximum atomic E-state index is 6.10. The van der Waals surface area contributed by atoms with Crippen molar-refractivity contribution < 1.29 is 0 Å². The van der Waals surface area contributed by atoms with Crippen molar-refractivity contribution >= 4 is 44.1 Å². The van der Waals surface area contributed by atoms with Crippen molar-refractivity contribution in [2.24, 2.45) is 0 Å². The lowest BCUT2D eigenvalue weighted by Gasteiger charge is -2.10. The number of nitrogen functional groups attached to an aromatic ring is 1. The van der Waals surface area contributed by atoms with E-state index in [9.17, 15) is 0 Å². The van der Waals surface area contributed by atoms with Crippen LogP contribution in [0.2, 0.25) is 0 Å². The molecule has 0 saturated heterocycles. The molecule has 4 nitrogen and oxygen atoms in total. The zero-order valence-corrected chi connectivity index (χ0v) is 14.3. The molecule has 0 aliphatic carbocycles. The third kappa shape index (κ3) is 2.60. The number of nitrogens with two attached hydrogens (primary N) is 1. The number of hydrogen-bond acceptors (Lipinski definition) is 5. The first-order valence-electron chi connectivity index (χ1n) is 6.92. The molecule has 112 valence electrons. The summed E-state index contributed by atoms with van der Waals surface area (Å²) in [7, 11) is 0. The molecular weight excluding hydrogens is 372 g/mol. The number of fused-ring (bicyclic) bond motifs is 1. The lowest BCUT2D eigenvalue weighted by Crippen LogP contribution is -1.98. The first-order chi connectivity index (χ1) is 11.2. The zero-order valence-electron chi connectivity index (χ0n) is 11.9. The number of aromatic nitrogens is 3. The molecule has 0 radical (unpaired) electrons. The fourth-order valence-electron chi connectivity index (χ4n) is 2.53. The molecule has 0 spiro atoms. The Labute approximate surface area is 145 Å². The summed E-state index contributed by atoms with van der Waals surface area (Å²) < 4.78 is 1.01. The van der Waals surface area contributed by atoms with Crippen LogP contribution in [0.15, 0.2) is 58.0 Å². The van der Waals surface area contributed by atoms with Gasteiger partial charge in [-0.15, -0.1) is 0 Å². The van der Waals surface area contributed by atoms with Crippen molar-refractivity contribution in [3.63, 3.8) is 0 Å². The van der Waals surface area contributed by atoms with Crippen molar-refractivity contribution in [3.05, 3.63) is 58.0 Å². The smallest absolute Gasteiger partial charge is 0.165 e. The van der Waals surface area contributed by atoms with Gasteiger partial charge in [0, 0.05) is 15.4 Å². The van der Waals surface area contributed by atoms with Crippen LogP contribution in [-0.2, 0) is 0 Å². The minimum Gasteiger partial charge on any atom is -0.383 e. The lowest BCUT2D eigenvalue weighted by atomic mass is 10.0. The van der Waals surface area contributed by atoms with Gasteiger partial charge in [-0.05, 0) is 40.8 Å². The molecule has 0 bridgehead atoms. The van der Waals surface area contributed by atoms with E-state index in [0.29, 0.717) is 11.5 Å². The monoisotopic (exact) mass is 382 g/mol. The highest BCUT2D eigenvalue weighted by Crippen LogP contribution is 2.34. The Morgan fingerprint density at radius 2 is 1.96 bits per heavy atom. The van der Waals surface area contributed by atoms with Crippen LogP contribution < -0.4 is 5.73 Å². The van der Waals surface area contributed by atoms with Crippen LogP contribution in [0.25, 0.3) is 33.4 Å². The predicted octanol–water partition coefficient (Wildman–Crippen LogP) is 4.77. The van der Waals surface area contributed by atoms with Gasteiger partial charge in [-0.3, -0.25) is 0 Å². The van der Waals surface area contributed by atoms with E-state index in [0.717, 1.165) is 32.2 Å². The first-order valence-corrected chi connectivity index (χ1v) is 8.66. The molecular formula is C17H11BrN4S. The topological polar surface area (TPSA) is 64.7 Å². The molecule has 0 aliphatic rings. The van der Waals surface area contributed by atoms with Crippen molar-refractivity contribution in [1.82, 2.24) is 15.0 Å². The summed E-state index contributed by atoms with van der Waals surface area (Å²) in [6, 6.07) is 12.2. The Morgan fingerprint density at radius 3 is 2.74 bits per heavy atom. The number of pyridine rings is 1. The summed E-state index contributed by atoms with van der Waals surface area (Å²) in [6.07, 6.45) is 1.45. The number of halogens is 1. The van der Waals surface area contributed by atoms with Crippen LogP contribution in [0.3, 0.4) is 0 Å². The normalized spacial score (nSPS) is 11.0. The fourth-order valence-corrected chi connectivity index (χ4v) is 3.58. The van der Waals surface area contributed by atoms with E-state index in [2.05, 4.69) is 42.3 Å². The van der Waals surface area contributed by atoms with Gasteiger partial charge >= 0.3 is 0 Å². The molecule has 0 saturated carbocycles. The van der Waals surface area contributed by atoms with Crippen molar-refractivity contribution in [2.75, 3.05) is 5.73 Å². The number of nitrogens with zero attached hydrogens (tertiary/aromatic N) is 3. The average Bonchev–Trinajstić information content (AvgIpc) is 3.08. The van der Waals surface area contributed by atoms with Gasteiger partial charge in [-0.1, -0.05) is 28.1 Å². The maximum absolute atomic E-state index is 6.10. The third-order valence-corrected chi connectivity index (χ3v) is 4.76. The minimum atomic E-state index is 0.439. The molecule has 23 heavy (non-hydrogen) atoms. The average molecular weight is 383 g/mol. The molecule has 0 amide bonds. The van der Waals surface area contributed by atoms with Crippen molar-refractivity contribution in [2.45, 2.75) is 0 Å². The quantitative estimate of drug-likeness (QED) is 0.542. The summed E-state index contributed by atoms with van der Waals surface area (Å²) in [4.78, 5) is 13.1. The third-order valence-electron chi connectivity index (χ3n) is 3.59. The van der Waals surface area contributed by atoms with Crippen LogP contribution >= 0.6 is 27.3 Å². The second-order valence-electron chi connectivity index (χ2n) is 5.03. The highest BCUT2D eigenvalue weighted by molar-refractivity contribution is 9.10. The Morgan fingerprint density at radius 1 is 1.04 bits per heavy atom. The van der Waals surface area contributed by atoms with Crippen LogP contribution in [0.1, 0.15) is 0 Å². The van der Waals surface area contributed by atoms with E-state index in [1.165, 1.54) is 6.33 Å². The molecule has 2 N–H and O–H groups in total. The number of rotatable bonds is 2. The largest absolute Gasteiger partial charge is 0.383 e. The maximum Gasteiger partial charge on any atom is 0.165 e. The van der Waals surface area contributed by atoms with E-state index >= 15 is 0 Å². The minimum absolute atomic E-state index is 0.439.